The van der Waals surface area contributed by atoms with Gasteiger partial charge in [-0.25, -0.2) is 9.78 Å². The SMILES string of the molecule is O=C(COc1cccc(C(=O)O)c1)Nc1nccs1. The predicted molar refractivity (Wildman–Crippen MR) is 69.6 cm³/mol. The van der Waals surface area contributed by atoms with Crippen LogP contribution < -0.4 is 10.1 Å². The Hall–Kier alpha value is -2.41. The van der Waals surface area contributed by atoms with Crippen LogP contribution in [0.5, 0.6) is 5.75 Å². The molecule has 1 aromatic carbocycles. The van der Waals surface area contributed by atoms with Crippen LogP contribution in [0.1, 0.15) is 10.4 Å². The molecule has 0 atom stereocenters. The van der Waals surface area contributed by atoms with E-state index in [1.807, 2.05) is 0 Å². The number of hydrogen-bond donors (Lipinski definition) is 2. The van der Waals surface area contributed by atoms with Crippen LogP contribution in [0.25, 0.3) is 0 Å². The van der Waals surface area contributed by atoms with Crippen LogP contribution in [0.4, 0.5) is 5.13 Å². The topological polar surface area (TPSA) is 88.5 Å². The highest BCUT2D eigenvalue weighted by atomic mass is 32.1. The van der Waals surface area contributed by atoms with E-state index in [4.69, 9.17) is 9.84 Å². The maximum atomic E-state index is 11.5. The third-order valence-corrected chi connectivity index (χ3v) is 2.82. The summed E-state index contributed by atoms with van der Waals surface area (Å²) in [5.74, 6) is -1.07. The zero-order valence-corrected chi connectivity index (χ0v) is 10.5. The van der Waals surface area contributed by atoms with Crippen LogP contribution in [-0.4, -0.2) is 28.6 Å². The Morgan fingerprint density at radius 3 is 2.95 bits per heavy atom. The lowest BCUT2D eigenvalue weighted by atomic mass is 10.2. The Bertz CT molecular complexity index is 583. The lowest BCUT2D eigenvalue weighted by molar-refractivity contribution is -0.118. The monoisotopic (exact) mass is 278 g/mol. The van der Waals surface area contributed by atoms with Crippen molar-refractivity contribution in [2.75, 3.05) is 11.9 Å². The van der Waals surface area contributed by atoms with Gasteiger partial charge >= 0.3 is 5.97 Å². The Labute approximate surface area is 112 Å². The number of benzene rings is 1. The Morgan fingerprint density at radius 2 is 2.26 bits per heavy atom. The maximum absolute atomic E-state index is 11.5. The average molecular weight is 278 g/mol. The lowest BCUT2D eigenvalue weighted by Crippen LogP contribution is -2.20. The number of hydrogen-bond acceptors (Lipinski definition) is 5. The molecule has 0 saturated heterocycles. The van der Waals surface area contributed by atoms with Crippen LogP contribution in [0.15, 0.2) is 35.8 Å². The molecule has 1 amide bonds. The summed E-state index contributed by atoms with van der Waals surface area (Å²) in [5.41, 5.74) is 0.109. The first-order chi connectivity index (χ1) is 9.15. The average Bonchev–Trinajstić information content (AvgIpc) is 2.89. The van der Waals surface area contributed by atoms with Gasteiger partial charge < -0.3 is 9.84 Å². The fourth-order valence-corrected chi connectivity index (χ4v) is 1.85. The standard InChI is InChI=1S/C12H10N2O4S/c15-10(14-12-13-4-5-19-12)7-18-9-3-1-2-8(6-9)11(16)17/h1-6H,7H2,(H,16,17)(H,13,14,15). The lowest BCUT2D eigenvalue weighted by Gasteiger charge is -2.06. The maximum Gasteiger partial charge on any atom is 0.335 e. The minimum atomic E-state index is -1.04. The van der Waals surface area contributed by atoms with Crippen LogP contribution in [0.3, 0.4) is 0 Å². The zero-order chi connectivity index (χ0) is 13.7. The van der Waals surface area contributed by atoms with Gasteiger partial charge in [0.1, 0.15) is 5.75 Å². The third kappa shape index (κ3) is 3.78. The molecule has 2 N–H and O–H groups in total. The number of rotatable bonds is 5. The van der Waals surface area contributed by atoms with Gasteiger partial charge in [-0.05, 0) is 18.2 Å². The van der Waals surface area contributed by atoms with E-state index >= 15 is 0 Å². The Kier molecular flexibility index (Phi) is 4.09. The van der Waals surface area contributed by atoms with Crippen molar-refractivity contribution in [1.29, 1.82) is 0 Å². The number of thiazole rings is 1. The molecule has 0 radical (unpaired) electrons. The quantitative estimate of drug-likeness (QED) is 0.871. The number of nitrogens with zero attached hydrogens (tertiary/aromatic N) is 1. The number of ether oxygens (including phenoxy) is 1. The Morgan fingerprint density at radius 1 is 1.42 bits per heavy atom. The highest BCUT2D eigenvalue weighted by Gasteiger charge is 2.07. The van der Waals surface area contributed by atoms with E-state index < -0.39 is 5.97 Å². The normalized spacial score (nSPS) is 9.89. The molecule has 1 heterocycles. The second kappa shape index (κ2) is 5.96. The molecule has 0 aliphatic carbocycles. The zero-order valence-electron chi connectivity index (χ0n) is 9.70. The summed E-state index contributed by atoms with van der Waals surface area (Å²) in [7, 11) is 0. The molecule has 7 heteroatoms. The molecule has 0 spiro atoms. The highest BCUT2D eigenvalue weighted by molar-refractivity contribution is 7.13. The van der Waals surface area contributed by atoms with Gasteiger partial charge in [0.25, 0.3) is 5.91 Å². The van der Waals surface area contributed by atoms with Gasteiger partial charge in [0.15, 0.2) is 11.7 Å². The predicted octanol–water partition coefficient (Wildman–Crippen LogP) is 1.86. The van der Waals surface area contributed by atoms with Crippen LogP contribution >= 0.6 is 11.3 Å². The minimum Gasteiger partial charge on any atom is -0.484 e. The molecule has 0 bridgehead atoms. The number of carboxylic acids is 1. The van der Waals surface area contributed by atoms with Gasteiger partial charge in [-0.15, -0.1) is 11.3 Å². The number of nitrogens with one attached hydrogen (secondary N) is 1. The van der Waals surface area contributed by atoms with E-state index in [2.05, 4.69) is 10.3 Å². The van der Waals surface area contributed by atoms with Gasteiger partial charge in [0.05, 0.1) is 5.56 Å². The summed E-state index contributed by atoms with van der Waals surface area (Å²) in [5, 5.41) is 13.6. The molecule has 0 aliphatic heterocycles. The number of aromatic carboxylic acids is 1. The number of amides is 1. The highest BCUT2D eigenvalue weighted by Crippen LogP contribution is 2.14. The number of carbonyl (C=O) groups excluding carboxylic acids is 1. The minimum absolute atomic E-state index is 0.109. The first-order valence-electron chi connectivity index (χ1n) is 5.30. The van der Waals surface area contributed by atoms with Crippen molar-refractivity contribution >= 4 is 28.3 Å². The molecule has 19 heavy (non-hydrogen) atoms. The second-order valence-corrected chi connectivity index (χ2v) is 4.40. The molecular formula is C12H10N2O4S. The van der Waals surface area contributed by atoms with E-state index in [1.54, 1.807) is 23.7 Å². The second-order valence-electron chi connectivity index (χ2n) is 3.51. The van der Waals surface area contributed by atoms with Gasteiger partial charge in [0.2, 0.25) is 0 Å². The summed E-state index contributed by atoms with van der Waals surface area (Å²) in [6.45, 7) is -0.206. The number of carboxylic acid groups (broad SMARTS) is 1. The molecule has 98 valence electrons. The largest absolute Gasteiger partial charge is 0.484 e. The van der Waals surface area contributed by atoms with E-state index in [0.717, 1.165) is 0 Å². The summed E-state index contributed by atoms with van der Waals surface area (Å²) in [4.78, 5) is 26.2. The fourth-order valence-electron chi connectivity index (χ4n) is 1.31. The van der Waals surface area contributed by atoms with E-state index in [1.165, 1.54) is 23.5 Å². The number of aromatic nitrogens is 1. The molecule has 0 aliphatic rings. The van der Waals surface area contributed by atoms with Gasteiger partial charge in [-0.1, -0.05) is 6.07 Å². The molecule has 1 aromatic heterocycles. The first-order valence-corrected chi connectivity index (χ1v) is 6.18. The molecule has 6 nitrogen and oxygen atoms in total. The first kappa shape index (κ1) is 13.0. The van der Waals surface area contributed by atoms with Crippen molar-refractivity contribution in [2.45, 2.75) is 0 Å². The summed E-state index contributed by atoms with van der Waals surface area (Å²) in [6.07, 6.45) is 1.58. The van der Waals surface area contributed by atoms with Gasteiger partial charge in [-0.3, -0.25) is 10.1 Å². The third-order valence-electron chi connectivity index (χ3n) is 2.13. The summed E-state index contributed by atoms with van der Waals surface area (Å²) in [6, 6.07) is 5.95. The fraction of sp³-hybridized carbons (Fsp3) is 0.0833. The summed E-state index contributed by atoms with van der Waals surface area (Å²) < 4.78 is 5.21. The van der Waals surface area contributed by atoms with E-state index in [-0.39, 0.29) is 18.1 Å². The van der Waals surface area contributed by atoms with Crippen LogP contribution in [0.2, 0.25) is 0 Å². The van der Waals surface area contributed by atoms with Crippen molar-refractivity contribution in [3.05, 3.63) is 41.4 Å². The van der Waals surface area contributed by atoms with Crippen LogP contribution in [-0.2, 0) is 4.79 Å². The van der Waals surface area contributed by atoms with E-state index in [9.17, 15) is 9.59 Å². The van der Waals surface area contributed by atoms with Crippen molar-refractivity contribution < 1.29 is 19.4 Å². The van der Waals surface area contributed by atoms with Gasteiger partial charge in [0, 0.05) is 11.6 Å². The molecule has 2 rings (SSSR count). The van der Waals surface area contributed by atoms with Gasteiger partial charge in [-0.2, -0.15) is 0 Å². The van der Waals surface area contributed by atoms with Crippen molar-refractivity contribution in [2.24, 2.45) is 0 Å². The molecule has 2 aromatic rings. The summed E-state index contributed by atoms with van der Waals surface area (Å²) >= 11 is 1.30. The van der Waals surface area contributed by atoms with E-state index in [0.29, 0.717) is 10.9 Å². The number of anilines is 1. The smallest absolute Gasteiger partial charge is 0.335 e. The molecule has 0 saturated carbocycles. The van der Waals surface area contributed by atoms with Crippen molar-refractivity contribution in [3.8, 4) is 5.75 Å². The molecule has 0 fully saturated rings. The Balaban J connectivity index is 1.89. The molecular weight excluding hydrogens is 268 g/mol. The van der Waals surface area contributed by atoms with Crippen molar-refractivity contribution in [3.63, 3.8) is 0 Å². The van der Waals surface area contributed by atoms with Crippen LogP contribution in [0, 0.1) is 0 Å². The molecule has 0 unspecified atom stereocenters. The van der Waals surface area contributed by atoms with Crippen molar-refractivity contribution in [1.82, 2.24) is 4.98 Å². The number of carbonyl (C=O) groups is 2.